The van der Waals surface area contributed by atoms with E-state index in [4.69, 9.17) is 10.5 Å². The Morgan fingerprint density at radius 1 is 1.47 bits per heavy atom. The third kappa shape index (κ3) is 1.48. The number of carbonyl (C=O) groups excluding carboxylic acids is 1. The van der Waals surface area contributed by atoms with Crippen molar-refractivity contribution in [2.24, 2.45) is 5.73 Å². The Morgan fingerprint density at radius 3 is 2.82 bits per heavy atom. The average Bonchev–Trinajstić information content (AvgIpc) is 2.54. The lowest BCUT2D eigenvalue weighted by atomic mass is 9.73. The molecule has 1 unspecified atom stereocenters. The molecular formula is C13H16N2O2. The molecule has 1 aromatic carbocycles. The molecule has 0 spiro atoms. The summed E-state index contributed by atoms with van der Waals surface area (Å²) in [6.07, 6.45) is 0.471. The normalized spacial score (nSPS) is 22.6. The average molecular weight is 232 g/mol. The molecule has 2 aliphatic heterocycles. The first-order valence-corrected chi connectivity index (χ1v) is 5.88. The van der Waals surface area contributed by atoms with E-state index in [0.717, 1.165) is 11.3 Å². The summed E-state index contributed by atoms with van der Waals surface area (Å²) in [6, 6.07) is 6.17. The van der Waals surface area contributed by atoms with Crippen LogP contribution in [-0.2, 0) is 21.4 Å². The molecule has 4 nitrogen and oxygen atoms in total. The predicted octanol–water partition coefficient (Wildman–Crippen LogP) is 0.796. The van der Waals surface area contributed by atoms with Gasteiger partial charge in [0.15, 0.2) is 0 Å². The highest BCUT2D eigenvalue weighted by atomic mass is 16.5. The first-order valence-electron chi connectivity index (χ1n) is 5.88. The van der Waals surface area contributed by atoms with Crippen LogP contribution in [0.4, 0.5) is 5.69 Å². The van der Waals surface area contributed by atoms with Crippen LogP contribution in [0.1, 0.15) is 18.1 Å². The van der Waals surface area contributed by atoms with Crippen molar-refractivity contribution in [3.8, 4) is 0 Å². The molecule has 0 aromatic heterocycles. The Kier molecular flexibility index (Phi) is 2.24. The highest BCUT2D eigenvalue weighted by molar-refractivity contribution is 5.99. The van der Waals surface area contributed by atoms with Gasteiger partial charge in [0.1, 0.15) is 0 Å². The van der Waals surface area contributed by atoms with E-state index in [1.807, 2.05) is 13.0 Å². The largest absolute Gasteiger partial charge is 0.379 e. The van der Waals surface area contributed by atoms with Crippen molar-refractivity contribution < 1.29 is 9.53 Å². The fourth-order valence-electron chi connectivity index (χ4n) is 2.55. The molecule has 1 atom stereocenters. The highest BCUT2D eigenvalue weighted by Gasteiger charge is 2.44. The van der Waals surface area contributed by atoms with Crippen molar-refractivity contribution in [3.05, 3.63) is 29.3 Å². The SMILES string of the molecule is CC(N)C1(c2ccc3c(c2)CC(=O)N3)COC1. The van der Waals surface area contributed by atoms with Gasteiger partial charge in [0.25, 0.3) is 0 Å². The van der Waals surface area contributed by atoms with Gasteiger partial charge in [-0.25, -0.2) is 0 Å². The van der Waals surface area contributed by atoms with Crippen LogP contribution in [0.5, 0.6) is 0 Å². The second-order valence-corrected chi connectivity index (χ2v) is 5.03. The Morgan fingerprint density at radius 2 is 2.24 bits per heavy atom. The summed E-state index contributed by atoms with van der Waals surface area (Å²) >= 11 is 0. The number of anilines is 1. The van der Waals surface area contributed by atoms with Crippen molar-refractivity contribution in [1.82, 2.24) is 0 Å². The number of nitrogens with two attached hydrogens (primary N) is 1. The number of ether oxygens (including phenoxy) is 1. The Bertz CT molecular complexity index is 478. The maximum absolute atomic E-state index is 11.3. The smallest absolute Gasteiger partial charge is 0.228 e. The second-order valence-electron chi connectivity index (χ2n) is 5.03. The molecule has 1 aromatic rings. The molecule has 0 bridgehead atoms. The zero-order valence-corrected chi connectivity index (χ0v) is 9.82. The first-order chi connectivity index (χ1) is 8.12. The monoisotopic (exact) mass is 232 g/mol. The third-order valence-electron chi connectivity index (χ3n) is 3.90. The summed E-state index contributed by atoms with van der Waals surface area (Å²) in [5.41, 5.74) is 9.19. The predicted molar refractivity (Wildman–Crippen MR) is 64.9 cm³/mol. The maximum atomic E-state index is 11.3. The van der Waals surface area contributed by atoms with Crippen molar-refractivity contribution in [1.29, 1.82) is 0 Å². The van der Waals surface area contributed by atoms with Crippen molar-refractivity contribution in [2.75, 3.05) is 18.5 Å². The lowest BCUT2D eigenvalue weighted by Gasteiger charge is -2.45. The summed E-state index contributed by atoms with van der Waals surface area (Å²) in [5.74, 6) is 0.0665. The molecule has 4 heteroatoms. The molecule has 3 N–H and O–H groups in total. The summed E-state index contributed by atoms with van der Waals surface area (Å²) in [6.45, 7) is 3.36. The Labute approximate surface area is 100 Å². The number of carbonyl (C=O) groups is 1. The zero-order chi connectivity index (χ0) is 12.0. The van der Waals surface area contributed by atoms with Crippen LogP contribution in [0.15, 0.2) is 18.2 Å². The van der Waals surface area contributed by atoms with Crippen LogP contribution in [0.2, 0.25) is 0 Å². The number of rotatable bonds is 2. The minimum atomic E-state index is -0.0688. The molecule has 1 amide bonds. The number of amides is 1. The van der Waals surface area contributed by atoms with Gasteiger partial charge in [0, 0.05) is 11.7 Å². The van der Waals surface area contributed by atoms with Gasteiger partial charge in [-0.3, -0.25) is 4.79 Å². The van der Waals surface area contributed by atoms with Gasteiger partial charge in [-0.2, -0.15) is 0 Å². The summed E-state index contributed by atoms with van der Waals surface area (Å²) in [4.78, 5) is 11.3. The molecule has 2 aliphatic rings. The van der Waals surface area contributed by atoms with Crippen LogP contribution >= 0.6 is 0 Å². The van der Waals surface area contributed by atoms with Crippen LogP contribution in [0, 0.1) is 0 Å². The first kappa shape index (κ1) is 10.7. The Balaban J connectivity index is 2.00. The molecule has 17 heavy (non-hydrogen) atoms. The second kappa shape index (κ2) is 3.55. The molecule has 0 saturated carbocycles. The zero-order valence-electron chi connectivity index (χ0n) is 9.82. The lowest BCUT2D eigenvalue weighted by Crippen LogP contribution is -2.57. The van der Waals surface area contributed by atoms with E-state index >= 15 is 0 Å². The molecule has 1 fully saturated rings. The number of benzene rings is 1. The van der Waals surface area contributed by atoms with Crippen LogP contribution in [0.3, 0.4) is 0 Å². The number of hydrogen-bond donors (Lipinski definition) is 2. The molecule has 0 aliphatic carbocycles. The van der Waals surface area contributed by atoms with Gasteiger partial charge in [-0.1, -0.05) is 12.1 Å². The van der Waals surface area contributed by atoms with Gasteiger partial charge >= 0.3 is 0 Å². The van der Waals surface area contributed by atoms with Crippen LogP contribution in [0.25, 0.3) is 0 Å². The standard InChI is InChI=1S/C13H16N2O2/c1-8(14)13(6-17-7-13)10-2-3-11-9(4-10)5-12(16)15-11/h2-4,8H,5-7,14H2,1H3,(H,15,16). The van der Waals surface area contributed by atoms with Gasteiger partial charge in [-0.05, 0) is 24.1 Å². The summed E-state index contributed by atoms with van der Waals surface area (Å²) in [7, 11) is 0. The van der Waals surface area contributed by atoms with Gasteiger partial charge in [0.05, 0.1) is 25.0 Å². The lowest BCUT2D eigenvalue weighted by molar-refractivity contribution is -0.115. The molecular weight excluding hydrogens is 216 g/mol. The van der Waals surface area contributed by atoms with Crippen molar-refractivity contribution in [3.63, 3.8) is 0 Å². The summed E-state index contributed by atoms with van der Waals surface area (Å²) in [5, 5.41) is 2.84. The van der Waals surface area contributed by atoms with E-state index in [1.165, 1.54) is 5.56 Å². The minimum Gasteiger partial charge on any atom is -0.379 e. The molecule has 2 heterocycles. The van der Waals surface area contributed by atoms with Gasteiger partial charge in [-0.15, -0.1) is 0 Å². The van der Waals surface area contributed by atoms with E-state index in [0.29, 0.717) is 19.6 Å². The van der Waals surface area contributed by atoms with E-state index < -0.39 is 0 Å². The van der Waals surface area contributed by atoms with E-state index in [9.17, 15) is 4.79 Å². The third-order valence-corrected chi connectivity index (χ3v) is 3.90. The highest BCUT2D eigenvalue weighted by Crippen LogP contribution is 2.37. The molecule has 90 valence electrons. The minimum absolute atomic E-state index is 0.0550. The Hall–Kier alpha value is -1.39. The molecule has 0 radical (unpaired) electrons. The summed E-state index contributed by atoms with van der Waals surface area (Å²) < 4.78 is 5.33. The molecule has 3 rings (SSSR count). The number of fused-ring (bicyclic) bond motifs is 1. The topological polar surface area (TPSA) is 64.4 Å². The number of hydrogen-bond acceptors (Lipinski definition) is 3. The van der Waals surface area contributed by atoms with E-state index in [1.54, 1.807) is 0 Å². The van der Waals surface area contributed by atoms with Crippen LogP contribution < -0.4 is 11.1 Å². The van der Waals surface area contributed by atoms with Gasteiger partial charge in [0.2, 0.25) is 5.91 Å². The number of nitrogens with one attached hydrogen (secondary N) is 1. The van der Waals surface area contributed by atoms with Gasteiger partial charge < -0.3 is 15.8 Å². The quantitative estimate of drug-likeness (QED) is 0.792. The fourth-order valence-corrected chi connectivity index (χ4v) is 2.55. The van der Waals surface area contributed by atoms with Crippen LogP contribution in [-0.4, -0.2) is 25.2 Å². The van der Waals surface area contributed by atoms with E-state index in [-0.39, 0.29) is 17.4 Å². The molecule has 1 saturated heterocycles. The van der Waals surface area contributed by atoms with E-state index in [2.05, 4.69) is 17.4 Å². The maximum Gasteiger partial charge on any atom is 0.228 e. The van der Waals surface area contributed by atoms with Crippen molar-refractivity contribution >= 4 is 11.6 Å². The van der Waals surface area contributed by atoms with Crippen molar-refractivity contribution in [2.45, 2.75) is 24.8 Å². The fraction of sp³-hybridized carbons (Fsp3) is 0.462.